The zero-order chi connectivity index (χ0) is 32.4. The van der Waals surface area contributed by atoms with Gasteiger partial charge in [0.1, 0.15) is 6.10 Å². The molecule has 44 heavy (non-hydrogen) atoms. The van der Waals surface area contributed by atoms with Crippen LogP contribution in [0.2, 0.25) is 0 Å². The molecule has 1 N–H and O–H groups in total. The Labute approximate surface area is 273 Å². The standard InChI is InChI=1S/C38H75NO5/c1-4-7-10-12-17-21-27-36(28-22-18-13-11-8-5-2)44-38(42)30-26-32-39(33-34-40)31-24-20-16-14-15-19-23-29-37(41)43-35-25-9-6-3/h36,40H,4-35H2,1-3H3. The molecule has 0 aromatic rings. The number of hydrogen-bond donors (Lipinski definition) is 1. The van der Waals surface area contributed by atoms with Crippen LogP contribution < -0.4 is 0 Å². The van der Waals surface area contributed by atoms with Gasteiger partial charge in [0.05, 0.1) is 13.2 Å². The second-order valence-corrected chi connectivity index (χ2v) is 13.0. The zero-order valence-corrected chi connectivity index (χ0v) is 29.7. The predicted molar refractivity (Wildman–Crippen MR) is 186 cm³/mol. The number of nitrogens with zero attached hydrogens (tertiary/aromatic N) is 1. The van der Waals surface area contributed by atoms with Gasteiger partial charge in [-0.15, -0.1) is 0 Å². The van der Waals surface area contributed by atoms with Crippen molar-refractivity contribution in [1.82, 2.24) is 4.90 Å². The number of rotatable bonds is 35. The molecule has 0 unspecified atom stereocenters. The summed E-state index contributed by atoms with van der Waals surface area (Å²) in [6.07, 6.45) is 30.3. The molecule has 262 valence electrons. The first-order chi connectivity index (χ1) is 21.6. The van der Waals surface area contributed by atoms with Gasteiger partial charge in [0.25, 0.3) is 0 Å². The minimum atomic E-state index is -0.0421. The van der Waals surface area contributed by atoms with Crippen LogP contribution in [0.25, 0.3) is 0 Å². The molecule has 0 aliphatic carbocycles. The van der Waals surface area contributed by atoms with E-state index >= 15 is 0 Å². The second kappa shape index (κ2) is 34.7. The van der Waals surface area contributed by atoms with Gasteiger partial charge in [0.15, 0.2) is 0 Å². The molecule has 0 saturated carbocycles. The minimum Gasteiger partial charge on any atom is -0.466 e. The Hall–Kier alpha value is -1.14. The van der Waals surface area contributed by atoms with Gasteiger partial charge in [-0.05, 0) is 64.5 Å². The van der Waals surface area contributed by atoms with E-state index in [9.17, 15) is 14.7 Å². The van der Waals surface area contributed by atoms with Crippen molar-refractivity contribution in [2.45, 2.75) is 200 Å². The molecular weight excluding hydrogens is 550 g/mol. The number of carbonyl (C=O) groups is 2. The van der Waals surface area contributed by atoms with Gasteiger partial charge in [0.2, 0.25) is 0 Å². The lowest BCUT2D eigenvalue weighted by Crippen LogP contribution is -2.29. The molecule has 0 fully saturated rings. The van der Waals surface area contributed by atoms with Gasteiger partial charge < -0.3 is 19.5 Å². The SMILES string of the molecule is CCCCCCCCC(CCCCCCCC)OC(=O)CCCN(CCO)CCCCCCCCCC(=O)OCCCCC. The first-order valence-electron chi connectivity index (χ1n) is 19.3. The molecule has 0 aliphatic heterocycles. The van der Waals surface area contributed by atoms with Gasteiger partial charge in [-0.2, -0.15) is 0 Å². The van der Waals surface area contributed by atoms with Crippen LogP contribution in [0.4, 0.5) is 0 Å². The quantitative estimate of drug-likeness (QED) is 0.0558. The highest BCUT2D eigenvalue weighted by Gasteiger charge is 2.15. The summed E-state index contributed by atoms with van der Waals surface area (Å²) in [6.45, 7) is 9.86. The van der Waals surface area contributed by atoms with Crippen LogP contribution in [0.1, 0.15) is 194 Å². The normalized spacial score (nSPS) is 11.5. The molecule has 0 amide bonds. The van der Waals surface area contributed by atoms with Crippen molar-refractivity contribution in [3.63, 3.8) is 0 Å². The highest BCUT2D eigenvalue weighted by molar-refractivity contribution is 5.69. The van der Waals surface area contributed by atoms with E-state index in [1.54, 1.807) is 0 Å². The summed E-state index contributed by atoms with van der Waals surface area (Å²) >= 11 is 0. The van der Waals surface area contributed by atoms with E-state index in [1.807, 2.05) is 0 Å². The predicted octanol–water partition coefficient (Wildman–Crippen LogP) is 10.3. The fourth-order valence-electron chi connectivity index (χ4n) is 5.83. The van der Waals surface area contributed by atoms with Crippen LogP contribution in [0.5, 0.6) is 0 Å². The number of aliphatic hydroxyl groups excluding tert-OH is 1. The summed E-state index contributed by atoms with van der Waals surface area (Å²) in [5.74, 6) is -0.0832. The monoisotopic (exact) mass is 626 g/mol. The molecule has 0 rings (SSSR count). The molecule has 0 spiro atoms. The largest absolute Gasteiger partial charge is 0.466 e. The Balaban J connectivity index is 4.11. The Morgan fingerprint density at radius 1 is 0.523 bits per heavy atom. The zero-order valence-electron chi connectivity index (χ0n) is 29.7. The van der Waals surface area contributed by atoms with Crippen molar-refractivity contribution in [2.24, 2.45) is 0 Å². The molecular formula is C38H75NO5. The topological polar surface area (TPSA) is 76.1 Å². The molecule has 0 heterocycles. The van der Waals surface area contributed by atoms with Gasteiger partial charge >= 0.3 is 11.9 Å². The smallest absolute Gasteiger partial charge is 0.306 e. The number of aliphatic hydroxyl groups is 1. The first-order valence-corrected chi connectivity index (χ1v) is 19.3. The van der Waals surface area contributed by atoms with E-state index in [1.165, 1.54) is 89.9 Å². The van der Waals surface area contributed by atoms with Crippen LogP contribution >= 0.6 is 0 Å². The van der Waals surface area contributed by atoms with E-state index in [4.69, 9.17) is 9.47 Å². The number of esters is 2. The summed E-state index contributed by atoms with van der Waals surface area (Å²) in [6, 6.07) is 0. The van der Waals surface area contributed by atoms with Crippen LogP contribution in [0.15, 0.2) is 0 Å². The second-order valence-electron chi connectivity index (χ2n) is 13.0. The lowest BCUT2D eigenvalue weighted by Gasteiger charge is -2.22. The van der Waals surface area contributed by atoms with E-state index in [-0.39, 0.29) is 24.6 Å². The van der Waals surface area contributed by atoms with Gasteiger partial charge in [-0.1, -0.05) is 130 Å². The van der Waals surface area contributed by atoms with Gasteiger partial charge in [-0.3, -0.25) is 9.59 Å². The highest BCUT2D eigenvalue weighted by Crippen LogP contribution is 2.18. The van der Waals surface area contributed by atoms with Crippen molar-refractivity contribution in [1.29, 1.82) is 0 Å². The number of carbonyl (C=O) groups excluding carboxylic acids is 2. The van der Waals surface area contributed by atoms with Crippen molar-refractivity contribution < 1.29 is 24.2 Å². The molecule has 6 nitrogen and oxygen atoms in total. The Morgan fingerprint density at radius 2 is 0.977 bits per heavy atom. The summed E-state index contributed by atoms with van der Waals surface area (Å²) in [4.78, 5) is 26.8. The lowest BCUT2D eigenvalue weighted by atomic mass is 10.0. The third kappa shape index (κ3) is 30.9. The average Bonchev–Trinajstić information content (AvgIpc) is 3.01. The molecule has 0 aromatic heterocycles. The summed E-state index contributed by atoms with van der Waals surface area (Å²) in [5.41, 5.74) is 0. The molecule has 0 bridgehead atoms. The summed E-state index contributed by atoms with van der Waals surface area (Å²) < 4.78 is 11.3. The lowest BCUT2D eigenvalue weighted by molar-refractivity contribution is -0.150. The number of ether oxygens (including phenoxy) is 2. The number of unbranched alkanes of at least 4 members (excludes halogenated alkanes) is 18. The van der Waals surface area contributed by atoms with Crippen LogP contribution in [-0.2, 0) is 19.1 Å². The maximum atomic E-state index is 12.7. The van der Waals surface area contributed by atoms with E-state index in [0.29, 0.717) is 26.0 Å². The van der Waals surface area contributed by atoms with Gasteiger partial charge in [-0.25, -0.2) is 0 Å². The Morgan fingerprint density at radius 3 is 1.55 bits per heavy atom. The van der Waals surface area contributed by atoms with Crippen molar-refractivity contribution in [3.05, 3.63) is 0 Å². The maximum absolute atomic E-state index is 12.7. The molecule has 0 aliphatic rings. The van der Waals surface area contributed by atoms with E-state index in [2.05, 4.69) is 25.7 Å². The molecule has 0 radical (unpaired) electrons. The average molecular weight is 626 g/mol. The Bertz CT molecular complexity index is 598. The van der Waals surface area contributed by atoms with Crippen LogP contribution in [-0.4, -0.2) is 60.9 Å². The highest BCUT2D eigenvalue weighted by atomic mass is 16.5. The molecule has 0 atom stereocenters. The fourth-order valence-corrected chi connectivity index (χ4v) is 5.83. The van der Waals surface area contributed by atoms with Gasteiger partial charge in [0, 0.05) is 19.4 Å². The summed E-state index contributed by atoms with van der Waals surface area (Å²) in [7, 11) is 0. The van der Waals surface area contributed by atoms with Crippen molar-refractivity contribution in [3.8, 4) is 0 Å². The van der Waals surface area contributed by atoms with Crippen molar-refractivity contribution >= 4 is 11.9 Å². The van der Waals surface area contributed by atoms with Crippen LogP contribution in [0.3, 0.4) is 0 Å². The molecule has 0 aromatic carbocycles. The van der Waals surface area contributed by atoms with Crippen LogP contribution in [0, 0.1) is 0 Å². The van der Waals surface area contributed by atoms with E-state index in [0.717, 1.165) is 83.7 Å². The van der Waals surface area contributed by atoms with E-state index < -0.39 is 0 Å². The fraction of sp³-hybridized carbons (Fsp3) is 0.947. The Kier molecular flexibility index (Phi) is 33.8. The third-order valence-corrected chi connectivity index (χ3v) is 8.70. The summed E-state index contributed by atoms with van der Waals surface area (Å²) in [5, 5.41) is 9.53. The minimum absolute atomic E-state index is 0.0410. The molecule has 0 saturated heterocycles. The first kappa shape index (κ1) is 42.9. The van der Waals surface area contributed by atoms with Crippen molar-refractivity contribution in [2.75, 3.05) is 32.8 Å². The number of hydrogen-bond acceptors (Lipinski definition) is 6. The third-order valence-electron chi connectivity index (χ3n) is 8.70. The molecule has 6 heteroatoms. The maximum Gasteiger partial charge on any atom is 0.306 e.